The van der Waals surface area contributed by atoms with Gasteiger partial charge in [-0.25, -0.2) is 14.8 Å². The molecule has 1 saturated heterocycles. The van der Waals surface area contributed by atoms with Gasteiger partial charge in [0.05, 0.1) is 0 Å². The smallest absolute Gasteiger partial charge is 0.445 e. The first-order valence-electron chi connectivity index (χ1n) is 8.15. The summed E-state index contributed by atoms with van der Waals surface area (Å²) in [4.78, 5) is 22.0. The van der Waals surface area contributed by atoms with Crippen LogP contribution in [0.2, 0.25) is 5.15 Å². The lowest BCUT2D eigenvalue weighted by Crippen LogP contribution is -2.49. The normalized spacial score (nSPS) is 15.0. The molecule has 0 atom stereocenters. The highest BCUT2D eigenvalue weighted by molar-refractivity contribution is 6.29. The number of carbonyl (C=O) groups excluding carboxylic acids is 1. The number of anilines is 1. The van der Waals surface area contributed by atoms with E-state index in [0.717, 1.165) is 5.56 Å². The van der Waals surface area contributed by atoms with Crippen molar-refractivity contribution in [2.24, 2.45) is 0 Å². The Hall–Kier alpha value is -2.55. The number of carbonyl (C=O) groups is 1. The van der Waals surface area contributed by atoms with Crippen LogP contribution in [-0.2, 0) is 17.5 Å². The van der Waals surface area contributed by atoms with Gasteiger partial charge in [0, 0.05) is 32.2 Å². The molecule has 0 spiro atoms. The van der Waals surface area contributed by atoms with Gasteiger partial charge in [0.2, 0.25) is 5.82 Å². The predicted molar refractivity (Wildman–Crippen MR) is 92.5 cm³/mol. The van der Waals surface area contributed by atoms with Crippen LogP contribution in [0.4, 0.5) is 23.8 Å². The number of piperazine rings is 1. The molecule has 0 saturated carbocycles. The summed E-state index contributed by atoms with van der Waals surface area (Å²) in [5, 5.41) is -0.281. The zero-order valence-electron chi connectivity index (χ0n) is 14.1. The molecule has 2 heterocycles. The minimum Gasteiger partial charge on any atom is -0.445 e. The number of benzene rings is 1. The van der Waals surface area contributed by atoms with E-state index in [1.165, 1.54) is 11.0 Å². The molecule has 2 aromatic rings. The van der Waals surface area contributed by atoms with Crippen LogP contribution < -0.4 is 4.90 Å². The average molecular weight is 401 g/mol. The van der Waals surface area contributed by atoms with Crippen LogP contribution in [0.25, 0.3) is 0 Å². The van der Waals surface area contributed by atoms with Gasteiger partial charge >= 0.3 is 12.3 Å². The van der Waals surface area contributed by atoms with E-state index in [0.29, 0.717) is 26.2 Å². The van der Waals surface area contributed by atoms with E-state index in [4.69, 9.17) is 16.3 Å². The standard InChI is InChI=1S/C17H16ClF3N4O2/c18-13-10-14(23-15(22-13)17(19,20)21)24-6-8-25(9-7-24)16(26)27-11-12-4-2-1-3-5-12/h1-5,10H,6-9,11H2. The highest BCUT2D eigenvalue weighted by Gasteiger charge is 2.36. The second-order valence-electron chi connectivity index (χ2n) is 5.88. The predicted octanol–water partition coefficient (Wildman–Crippen LogP) is 3.61. The van der Waals surface area contributed by atoms with E-state index in [1.807, 2.05) is 30.3 Å². The fourth-order valence-electron chi connectivity index (χ4n) is 2.62. The summed E-state index contributed by atoms with van der Waals surface area (Å²) in [5.41, 5.74) is 0.875. The number of hydrogen-bond acceptors (Lipinski definition) is 5. The van der Waals surface area contributed by atoms with Crippen LogP contribution in [0, 0.1) is 0 Å². The maximum absolute atomic E-state index is 12.8. The molecule has 1 fully saturated rings. The van der Waals surface area contributed by atoms with Gasteiger partial charge in [-0.15, -0.1) is 0 Å². The number of amides is 1. The van der Waals surface area contributed by atoms with E-state index in [-0.39, 0.29) is 17.6 Å². The molecule has 1 amide bonds. The summed E-state index contributed by atoms with van der Waals surface area (Å²) in [6.07, 6.45) is -5.14. The van der Waals surface area contributed by atoms with Crippen LogP contribution >= 0.6 is 11.6 Å². The summed E-state index contributed by atoms with van der Waals surface area (Å²) in [5.74, 6) is -1.20. The molecule has 1 aliphatic rings. The Bertz CT molecular complexity index is 797. The first-order valence-corrected chi connectivity index (χ1v) is 8.53. The van der Waals surface area contributed by atoms with Crippen molar-refractivity contribution in [3.05, 3.63) is 52.9 Å². The number of ether oxygens (including phenoxy) is 1. The van der Waals surface area contributed by atoms with E-state index in [9.17, 15) is 18.0 Å². The monoisotopic (exact) mass is 400 g/mol. The Morgan fingerprint density at radius 3 is 2.41 bits per heavy atom. The number of halogens is 4. The lowest BCUT2D eigenvalue weighted by Gasteiger charge is -2.34. The van der Waals surface area contributed by atoms with Gasteiger partial charge in [-0.2, -0.15) is 13.2 Å². The van der Waals surface area contributed by atoms with Gasteiger partial charge in [-0.3, -0.25) is 0 Å². The van der Waals surface area contributed by atoms with Gasteiger partial charge in [-0.1, -0.05) is 41.9 Å². The lowest BCUT2D eigenvalue weighted by molar-refractivity contribution is -0.144. The van der Waals surface area contributed by atoms with Crippen molar-refractivity contribution in [1.82, 2.24) is 14.9 Å². The number of rotatable bonds is 3. The van der Waals surface area contributed by atoms with Crippen LogP contribution in [0.15, 0.2) is 36.4 Å². The summed E-state index contributed by atoms with van der Waals surface area (Å²) in [6, 6.07) is 10.5. The summed E-state index contributed by atoms with van der Waals surface area (Å²) in [6.45, 7) is 1.39. The number of alkyl halides is 3. The highest BCUT2D eigenvalue weighted by atomic mass is 35.5. The maximum atomic E-state index is 12.8. The fourth-order valence-corrected chi connectivity index (χ4v) is 2.80. The third kappa shape index (κ3) is 5.00. The van der Waals surface area contributed by atoms with E-state index in [2.05, 4.69) is 9.97 Å². The molecule has 3 rings (SSSR count). The van der Waals surface area contributed by atoms with E-state index < -0.39 is 18.1 Å². The van der Waals surface area contributed by atoms with Crippen molar-refractivity contribution in [2.45, 2.75) is 12.8 Å². The number of aromatic nitrogens is 2. The van der Waals surface area contributed by atoms with Crippen molar-refractivity contribution in [3.8, 4) is 0 Å². The van der Waals surface area contributed by atoms with Crippen LogP contribution in [-0.4, -0.2) is 47.1 Å². The highest BCUT2D eigenvalue weighted by Crippen LogP contribution is 2.29. The second-order valence-corrected chi connectivity index (χ2v) is 6.27. The Labute approximate surface area is 158 Å². The van der Waals surface area contributed by atoms with Crippen molar-refractivity contribution in [3.63, 3.8) is 0 Å². The second kappa shape index (κ2) is 7.99. The third-order valence-corrected chi connectivity index (χ3v) is 4.20. The van der Waals surface area contributed by atoms with Crippen LogP contribution in [0.3, 0.4) is 0 Å². The fraction of sp³-hybridized carbons (Fsp3) is 0.353. The molecular formula is C17H16ClF3N4O2. The molecule has 1 aromatic carbocycles. The zero-order chi connectivity index (χ0) is 19.4. The molecule has 144 valence electrons. The minimum atomic E-state index is -4.68. The molecule has 0 bridgehead atoms. The van der Waals surface area contributed by atoms with Gasteiger partial charge in [0.15, 0.2) is 0 Å². The molecule has 0 radical (unpaired) electrons. The lowest BCUT2D eigenvalue weighted by atomic mass is 10.2. The molecule has 27 heavy (non-hydrogen) atoms. The third-order valence-electron chi connectivity index (χ3n) is 4.00. The SMILES string of the molecule is O=C(OCc1ccccc1)N1CCN(c2cc(Cl)nc(C(F)(F)F)n2)CC1. The molecule has 0 unspecified atom stereocenters. The Morgan fingerprint density at radius 1 is 1.11 bits per heavy atom. The summed E-state index contributed by atoms with van der Waals surface area (Å²) in [7, 11) is 0. The van der Waals surface area contributed by atoms with Gasteiger partial charge in [-0.05, 0) is 5.56 Å². The van der Waals surface area contributed by atoms with Gasteiger partial charge in [0.1, 0.15) is 17.6 Å². The van der Waals surface area contributed by atoms with Gasteiger partial charge in [0.25, 0.3) is 0 Å². The summed E-state index contributed by atoms with van der Waals surface area (Å²) < 4.78 is 43.8. The number of nitrogens with zero attached hydrogens (tertiary/aromatic N) is 4. The van der Waals surface area contributed by atoms with Gasteiger partial charge < -0.3 is 14.5 Å². The topological polar surface area (TPSA) is 58.6 Å². The minimum absolute atomic E-state index is 0.0830. The largest absolute Gasteiger partial charge is 0.451 e. The molecule has 0 N–H and O–H groups in total. The molecule has 1 aromatic heterocycles. The zero-order valence-corrected chi connectivity index (χ0v) is 14.9. The van der Waals surface area contributed by atoms with E-state index >= 15 is 0 Å². The molecule has 1 aliphatic heterocycles. The van der Waals surface area contributed by atoms with Crippen LogP contribution in [0.1, 0.15) is 11.4 Å². The Kier molecular flexibility index (Phi) is 5.69. The maximum Gasteiger partial charge on any atom is 0.451 e. The Balaban J connectivity index is 1.57. The number of hydrogen-bond donors (Lipinski definition) is 0. The molecule has 6 nitrogen and oxygen atoms in total. The van der Waals surface area contributed by atoms with E-state index in [1.54, 1.807) is 4.90 Å². The molecular weight excluding hydrogens is 385 g/mol. The quantitative estimate of drug-likeness (QED) is 0.737. The molecule has 10 heteroatoms. The van der Waals surface area contributed by atoms with Crippen molar-refractivity contribution < 1.29 is 22.7 Å². The van der Waals surface area contributed by atoms with Crippen molar-refractivity contribution in [2.75, 3.05) is 31.1 Å². The average Bonchev–Trinajstić information content (AvgIpc) is 2.66. The first kappa shape index (κ1) is 19.2. The van der Waals surface area contributed by atoms with Crippen molar-refractivity contribution >= 4 is 23.5 Å². The van der Waals surface area contributed by atoms with Crippen molar-refractivity contribution in [1.29, 1.82) is 0 Å². The molecule has 0 aliphatic carbocycles. The summed E-state index contributed by atoms with van der Waals surface area (Å²) >= 11 is 5.69. The first-order chi connectivity index (χ1) is 12.8. The van der Waals surface area contributed by atoms with Crippen LogP contribution in [0.5, 0.6) is 0 Å². The Morgan fingerprint density at radius 2 is 1.78 bits per heavy atom.